The van der Waals surface area contributed by atoms with Crippen molar-refractivity contribution in [3.8, 4) is 5.75 Å². The van der Waals surface area contributed by atoms with E-state index in [1.54, 1.807) is 30.6 Å². The molecule has 0 bridgehead atoms. The van der Waals surface area contributed by atoms with Crippen LogP contribution in [0.2, 0.25) is 0 Å². The van der Waals surface area contributed by atoms with Crippen LogP contribution in [0, 0.1) is 5.82 Å². The predicted molar refractivity (Wildman–Crippen MR) is 95.0 cm³/mol. The highest BCUT2D eigenvalue weighted by molar-refractivity contribution is 7.18. The van der Waals surface area contributed by atoms with Crippen LogP contribution in [0.3, 0.4) is 0 Å². The fourth-order valence-corrected chi connectivity index (χ4v) is 4.55. The Kier molecular flexibility index (Phi) is 4.21. The first-order valence-corrected chi connectivity index (χ1v) is 8.98. The molecule has 0 amide bonds. The lowest BCUT2D eigenvalue weighted by molar-refractivity contribution is 0.244. The zero-order valence-corrected chi connectivity index (χ0v) is 14.4. The topological polar surface area (TPSA) is 25.4 Å². The van der Waals surface area contributed by atoms with Crippen LogP contribution in [0.25, 0.3) is 10.2 Å². The minimum Gasteiger partial charge on any atom is -0.496 e. The molecule has 3 nitrogen and oxygen atoms in total. The van der Waals surface area contributed by atoms with Crippen molar-refractivity contribution in [3.05, 3.63) is 58.9 Å². The molecule has 0 radical (unpaired) electrons. The number of ether oxygens (including phenoxy) is 1. The summed E-state index contributed by atoms with van der Waals surface area (Å²) in [6.07, 6.45) is 2.23. The standard InChI is InChI=1S/C19H19FN2OS/c1-23-17-9-8-14(20)11-13(17)12-22-10-4-6-16(22)19-21-15-5-2-3-7-18(15)24-19/h2-3,5,7-9,11,16H,4,6,10,12H2,1H3/t16-/m1/s1. The second kappa shape index (κ2) is 6.49. The Hall–Kier alpha value is -1.98. The third-order valence-corrected chi connectivity index (χ3v) is 5.71. The highest BCUT2D eigenvalue weighted by Crippen LogP contribution is 2.38. The van der Waals surface area contributed by atoms with Crippen LogP contribution in [0.15, 0.2) is 42.5 Å². The number of aromatic nitrogens is 1. The van der Waals surface area contributed by atoms with Gasteiger partial charge in [0.2, 0.25) is 0 Å². The van der Waals surface area contributed by atoms with Gasteiger partial charge in [-0.2, -0.15) is 0 Å². The molecule has 0 aliphatic carbocycles. The summed E-state index contributed by atoms with van der Waals surface area (Å²) in [6, 6.07) is 13.3. The van der Waals surface area contributed by atoms with Crippen molar-refractivity contribution in [1.82, 2.24) is 9.88 Å². The molecule has 2 heterocycles. The van der Waals surface area contributed by atoms with Gasteiger partial charge < -0.3 is 4.74 Å². The number of halogens is 1. The van der Waals surface area contributed by atoms with E-state index in [-0.39, 0.29) is 5.82 Å². The molecule has 0 unspecified atom stereocenters. The van der Waals surface area contributed by atoms with Crippen molar-refractivity contribution in [3.63, 3.8) is 0 Å². The number of para-hydroxylation sites is 1. The van der Waals surface area contributed by atoms with Crippen molar-refractivity contribution in [2.24, 2.45) is 0 Å². The summed E-state index contributed by atoms with van der Waals surface area (Å²) >= 11 is 1.76. The van der Waals surface area contributed by atoms with Crippen molar-refractivity contribution in [2.45, 2.75) is 25.4 Å². The minimum atomic E-state index is -0.221. The SMILES string of the molecule is COc1ccc(F)cc1CN1CCC[C@@H]1c1nc2ccccc2s1. The van der Waals surface area contributed by atoms with E-state index in [1.165, 1.54) is 10.8 Å². The minimum absolute atomic E-state index is 0.221. The van der Waals surface area contributed by atoms with E-state index in [0.29, 0.717) is 12.6 Å². The number of hydrogen-bond donors (Lipinski definition) is 0. The first-order valence-electron chi connectivity index (χ1n) is 8.16. The van der Waals surface area contributed by atoms with Crippen molar-refractivity contribution >= 4 is 21.6 Å². The average molecular weight is 342 g/mol. The molecule has 1 aliphatic rings. The molecule has 4 rings (SSSR count). The summed E-state index contributed by atoms with van der Waals surface area (Å²) in [7, 11) is 1.63. The Morgan fingerprint density at radius 2 is 2.17 bits per heavy atom. The number of thiazole rings is 1. The van der Waals surface area contributed by atoms with Crippen LogP contribution in [0.5, 0.6) is 5.75 Å². The highest BCUT2D eigenvalue weighted by atomic mass is 32.1. The van der Waals surface area contributed by atoms with Gasteiger partial charge in [-0.1, -0.05) is 12.1 Å². The van der Waals surface area contributed by atoms with E-state index in [2.05, 4.69) is 17.0 Å². The molecule has 2 aromatic carbocycles. The van der Waals surface area contributed by atoms with E-state index >= 15 is 0 Å². The fourth-order valence-electron chi connectivity index (χ4n) is 3.42. The maximum Gasteiger partial charge on any atom is 0.123 e. The summed E-state index contributed by atoms with van der Waals surface area (Å²) in [4.78, 5) is 7.20. The summed E-state index contributed by atoms with van der Waals surface area (Å²) < 4.78 is 20.3. The second-order valence-corrected chi connectivity index (χ2v) is 7.17. The third-order valence-electron chi connectivity index (χ3n) is 4.58. The molecule has 1 atom stereocenters. The Labute approximate surface area is 144 Å². The average Bonchev–Trinajstić information content (AvgIpc) is 3.21. The van der Waals surface area contributed by atoms with Gasteiger partial charge >= 0.3 is 0 Å². The fraction of sp³-hybridized carbons (Fsp3) is 0.316. The zero-order chi connectivity index (χ0) is 16.5. The van der Waals surface area contributed by atoms with Crippen LogP contribution >= 0.6 is 11.3 Å². The molecule has 5 heteroatoms. The smallest absolute Gasteiger partial charge is 0.123 e. The summed E-state index contributed by atoms with van der Waals surface area (Å²) in [5.74, 6) is 0.521. The van der Waals surface area contributed by atoms with Gasteiger partial charge in [-0.25, -0.2) is 9.37 Å². The lowest BCUT2D eigenvalue weighted by Gasteiger charge is -2.23. The van der Waals surface area contributed by atoms with Gasteiger partial charge in [0.25, 0.3) is 0 Å². The molecular formula is C19H19FN2OS. The monoisotopic (exact) mass is 342 g/mol. The van der Waals surface area contributed by atoms with Gasteiger partial charge in [0, 0.05) is 12.1 Å². The number of nitrogens with zero attached hydrogens (tertiary/aromatic N) is 2. The molecule has 1 aromatic heterocycles. The number of benzene rings is 2. The highest BCUT2D eigenvalue weighted by Gasteiger charge is 2.29. The molecule has 3 aromatic rings. The third kappa shape index (κ3) is 2.89. The Bertz CT molecular complexity index is 830. The molecule has 24 heavy (non-hydrogen) atoms. The van der Waals surface area contributed by atoms with Crippen LogP contribution in [-0.2, 0) is 6.54 Å². The summed E-state index contributed by atoms with van der Waals surface area (Å²) in [5.41, 5.74) is 1.96. The van der Waals surface area contributed by atoms with Crippen LogP contribution in [0.4, 0.5) is 4.39 Å². The number of fused-ring (bicyclic) bond motifs is 1. The number of hydrogen-bond acceptors (Lipinski definition) is 4. The van der Waals surface area contributed by atoms with Gasteiger partial charge in [0.05, 0.1) is 23.4 Å². The quantitative estimate of drug-likeness (QED) is 0.682. The first-order chi connectivity index (χ1) is 11.7. The van der Waals surface area contributed by atoms with Gasteiger partial charge in [0.1, 0.15) is 16.6 Å². The Balaban J connectivity index is 1.62. The molecule has 0 spiro atoms. The van der Waals surface area contributed by atoms with Gasteiger partial charge in [0.15, 0.2) is 0 Å². The largest absolute Gasteiger partial charge is 0.496 e. The Morgan fingerprint density at radius 1 is 1.29 bits per heavy atom. The molecule has 0 N–H and O–H groups in total. The zero-order valence-electron chi connectivity index (χ0n) is 13.5. The Morgan fingerprint density at radius 3 is 3.00 bits per heavy atom. The lowest BCUT2D eigenvalue weighted by atomic mass is 10.1. The van der Waals surface area contributed by atoms with Crippen LogP contribution < -0.4 is 4.74 Å². The maximum absolute atomic E-state index is 13.6. The van der Waals surface area contributed by atoms with Crippen LogP contribution in [0.1, 0.15) is 29.5 Å². The molecular weight excluding hydrogens is 323 g/mol. The second-order valence-electron chi connectivity index (χ2n) is 6.10. The van der Waals surface area contributed by atoms with Crippen molar-refractivity contribution in [1.29, 1.82) is 0 Å². The van der Waals surface area contributed by atoms with Crippen molar-refractivity contribution in [2.75, 3.05) is 13.7 Å². The lowest BCUT2D eigenvalue weighted by Crippen LogP contribution is -2.23. The van der Waals surface area contributed by atoms with E-state index in [1.807, 2.05) is 12.1 Å². The van der Waals surface area contributed by atoms with Gasteiger partial charge in [-0.05, 0) is 49.7 Å². The van der Waals surface area contributed by atoms with Gasteiger partial charge in [-0.3, -0.25) is 4.90 Å². The molecule has 1 fully saturated rings. The van der Waals surface area contributed by atoms with E-state index in [0.717, 1.165) is 41.2 Å². The number of methoxy groups -OCH3 is 1. The van der Waals surface area contributed by atoms with Crippen molar-refractivity contribution < 1.29 is 9.13 Å². The first kappa shape index (κ1) is 15.5. The van der Waals surface area contributed by atoms with E-state index in [4.69, 9.17) is 9.72 Å². The van der Waals surface area contributed by atoms with E-state index < -0.39 is 0 Å². The number of rotatable bonds is 4. The van der Waals surface area contributed by atoms with Crippen LogP contribution in [-0.4, -0.2) is 23.5 Å². The normalized spacial score (nSPS) is 18.3. The maximum atomic E-state index is 13.6. The predicted octanol–water partition coefficient (Wildman–Crippen LogP) is 4.78. The van der Waals surface area contributed by atoms with E-state index in [9.17, 15) is 4.39 Å². The number of likely N-dealkylation sites (tertiary alicyclic amines) is 1. The molecule has 0 saturated carbocycles. The molecule has 1 saturated heterocycles. The summed E-state index contributed by atoms with van der Waals surface area (Å²) in [6.45, 7) is 1.68. The molecule has 1 aliphatic heterocycles. The van der Waals surface area contributed by atoms with Gasteiger partial charge in [-0.15, -0.1) is 11.3 Å². The molecule has 124 valence electrons. The summed E-state index contributed by atoms with van der Waals surface area (Å²) in [5, 5.41) is 1.16.